The minimum absolute atomic E-state index is 0.206. The van der Waals surface area contributed by atoms with Crippen molar-refractivity contribution in [2.75, 3.05) is 19.0 Å². The van der Waals surface area contributed by atoms with Gasteiger partial charge in [-0.2, -0.15) is 5.10 Å². The standard InChI is InChI=1S/C28H27N3O7S/c1-4-37-28(35)23-21-6-5-7-22(21)39-26(23)29-24(32)25(33)31-30-16(2)17-8-14-20(15-9-17)38-27(34)18-10-12-19(36-3)13-11-18/h8-15H,4-7H2,1-3H3,(H,29,32)(H,31,33)/b30-16+. The van der Waals surface area contributed by atoms with Gasteiger partial charge in [-0.15, -0.1) is 11.3 Å². The maximum absolute atomic E-state index is 12.5. The number of hydrogen-bond donors (Lipinski definition) is 2. The van der Waals surface area contributed by atoms with E-state index in [0.717, 1.165) is 29.7 Å². The van der Waals surface area contributed by atoms with Crippen LogP contribution in [0.25, 0.3) is 0 Å². The number of carbonyl (C=O) groups is 4. The van der Waals surface area contributed by atoms with Crippen molar-refractivity contribution in [3.05, 3.63) is 75.7 Å². The molecule has 0 spiro atoms. The third-order valence-electron chi connectivity index (χ3n) is 5.97. The predicted octanol–water partition coefficient (Wildman–Crippen LogP) is 4.12. The second kappa shape index (κ2) is 12.4. The van der Waals surface area contributed by atoms with Gasteiger partial charge in [-0.25, -0.2) is 15.0 Å². The van der Waals surface area contributed by atoms with Crippen molar-refractivity contribution in [2.24, 2.45) is 5.10 Å². The van der Waals surface area contributed by atoms with Crippen molar-refractivity contribution in [1.29, 1.82) is 0 Å². The lowest BCUT2D eigenvalue weighted by atomic mass is 10.1. The van der Waals surface area contributed by atoms with E-state index in [-0.39, 0.29) is 6.61 Å². The SMILES string of the molecule is CCOC(=O)c1c(NC(=O)C(=O)N/N=C(\C)c2ccc(OC(=O)c3ccc(OC)cc3)cc2)sc2c1CCC2. The lowest BCUT2D eigenvalue weighted by molar-refractivity contribution is -0.136. The average Bonchev–Trinajstić information content (AvgIpc) is 3.53. The van der Waals surface area contributed by atoms with Gasteiger partial charge in [0.1, 0.15) is 16.5 Å². The molecule has 2 aromatic carbocycles. The Morgan fingerprint density at radius 1 is 0.897 bits per heavy atom. The number of rotatable bonds is 8. The number of esters is 2. The lowest BCUT2D eigenvalue weighted by Crippen LogP contribution is -2.33. The molecule has 1 aromatic heterocycles. The number of thiophene rings is 1. The Hall–Kier alpha value is -4.51. The van der Waals surface area contributed by atoms with Gasteiger partial charge in [-0.3, -0.25) is 9.59 Å². The fourth-order valence-electron chi connectivity index (χ4n) is 3.98. The monoisotopic (exact) mass is 549 g/mol. The Labute approximate surface area is 229 Å². The largest absolute Gasteiger partial charge is 0.497 e. The maximum Gasteiger partial charge on any atom is 0.343 e. The molecule has 11 heteroatoms. The van der Waals surface area contributed by atoms with Crippen LogP contribution >= 0.6 is 11.3 Å². The number of ether oxygens (including phenoxy) is 3. The third kappa shape index (κ3) is 6.50. The second-order valence-electron chi connectivity index (χ2n) is 8.52. The molecular formula is C28H27N3O7S. The van der Waals surface area contributed by atoms with Crippen molar-refractivity contribution in [3.8, 4) is 11.5 Å². The summed E-state index contributed by atoms with van der Waals surface area (Å²) in [5.74, 6) is -2.00. The van der Waals surface area contributed by atoms with Crippen molar-refractivity contribution in [3.63, 3.8) is 0 Å². The van der Waals surface area contributed by atoms with E-state index in [0.29, 0.717) is 38.9 Å². The highest BCUT2D eigenvalue weighted by atomic mass is 32.1. The molecule has 0 fully saturated rings. The first-order valence-corrected chi connectivity index (χ1v) is 13.1. The van der Waals surface area contributed by atoms with Gasteiger partial charge in [0.15, 0.2) is 0 Å². The summed E-state index contributed by atoms with van der Waals surface area (Å²) in [5.41, 5.74) is 4.87. The molecule has 0 atom stereocenters. The lowest BCUT2D eigenvalue weighted by Gasteiger charge is -2.08. The van der Waals surface area contributed by atoms with Crippen LogP contribution in [0.5, 0.6) is 11.5 Å². The van der Waals surface area contributed by atoms with Crippen LogP contribution in [-0.2, 0) is 27.2 Å². The van der Waals surface area contributed by atoms with Gasteiger partial charge in [-0.05, 0) is 92.8 Å². The Balaban J connectivity index is 1.35. The summed E-state index contributed by atoms with van der Waals surface area (Å²) in [7, 11) is 1.54. The van der Waals surface area contributed by atoms with E-state index >= 15 is 0 Å². The van der Waals surface area contributed by atoms with Gasteiger partial charge in [-0.1, -0.05) is 0 Å². The number of anilines is 1. The number of hydrogen-bond acceptors (Lipinski definition) is 9. The first kappa shape index (κ1) is 27.5. The van der Waals surface area contributed by atoms with E-state index in [9.17, 15) is 19.2 Å². The summed E-state index contributed by atoms with van der Waals surface area (Å²) in [4.78, 5) is 50.8. The first-order valence-electron chi connectivity index (χ1n) is 12.2. The van der Waals surface area contributed by atoms with E-state index < -0.39 is 23.8 Å². The van der Waals surface area contributed by atoms with E-state index in [2.05, 4.69) is 15.8 Å². The summed E-state index contributed by atoms with van der Waals surface area (Å²) >= 11 is 1.29. The Kier molecular flexibility index (Phi) is 8.72. The minimum Gasteiger partial charge on any atom is -0.497 e. The number of fused-ring (bicyclic) bond motifs is 1. The zero-order valence-corrected chi connectivity index (χ0v) is 22.5. The van der Waals surface area contributed by atoms with Crippen molar-refractivity contribution >= 4 is 45.8 Å². The molecule has 1 aliphatic rings. The van der Waals surface area contributed by atoms with E-state index in [4.69, 9.17) is 14.2 Å². The van der Waals surface area contributed by atoms with E-state index in [1.165, 1.54) is 11.3 Å². The highest BCUT2D eigenvalue weighted by molar-refractivity contribution is 7.17. The quantitative estimate of drug-likeness (QED) is 0.142. The average molecular weight is 550 g/mol. The van der Waals surface area contributed by atoms with Gasteiger partial charge >= 0.3 is 23.8 Å². The maximum atomic E-state index is 12.5. The van der Waals surface area contributed by atoms with Crippen molar-refractivity contribution in [2.45, 2.75) is 33.1 Å². The topological polar surface area (TPSA) is 132 Å². The van der Waals surface area contributed by atoms with E-state index in [1.54, 1.807) is 69.5 Å². The molecule has 0 saturated carbocycles. The fourth-order valence-corrected chi connectivity index (χ4v) is 5.25. The Morgan fingerprint density at radius 2 is 1.56 bits per heavy atom. The van der Waals surface area contributed by atoms with Crippen LogP contribution in [0, 0.1) is 0 Å². The number of hydrazone groups is 1. The molecule has 39 heavy (non-hydrogen) atoms. The molecule has 10 nitrogen and oxygen atoms in total. The predicted molar refractivity (Wildman–Crippen MR) is 146 cm³/mol. The van der Waals surface area contributed by atoms with Gasteiger partial charge < -0.3 is 19.5 Å². The number of methoxy groups -OCH3 is 1. The normalized spacial score (nSPS) is 12.3. The molecule has 0 aliphatic heterocycles. The van der Waals surface area contributed by atoms with Crippen LogP contribution in [0.4, 0.5) is 5.00 Å². The number of carbonyl (C=O) groups excluding carboxylic acids is 4. The molecule has 2 N–H and O–H groups in total. The van der Waals surface area contributed by atoms with Crippen LogP contribution in [0.3, 0.4) is 0 Å². The third-order valence-corrected chi connectivity index (χ3v) is 7.17. The molecule has 3 aromatic rings. The number of nitrogens with one attached hydrogen (secondary N) is 2. The number of nitrogens with zero attached hydrogens (tertiary/aromatic N) is 1. The van der Waals surface area contributed by atoms with Crippen LogP contribution in [-0.4, -0.2) is 43.2 Å². The summed E-state index contributed by atoms with van der Waals surface area (Å²) in [5, 5.41) is 6.83. The molecule has 0 radical (unpaired) electrons. The van der Waals surface area contributed by atoms with Gasteiger partial charge in [0.25, 0.3) is 0 Å². The highest BCUT2D eigenvalue weighted by Gasteiger charge is 2.29. The van der Waals surface area contributed by atoms with Gasteiger partial charge in [0, 0.05) is 4.88 Å². The molecule has 0 bridgehead atoms. The fraction of sp³-hybridized carbons (Fsp3) is 0.250. The zero-order chi connectivity index (χ0) is 27.9. The first-order chi connectivity index (χ1) is 18.8. The second-order valence-corrected chi connectivity index (χ2v) is 9.62. The summed E-state index contributed by atoms with van der Waals surface area (Å²) in [6.45, 7) is 3.57. The van der Waals surface area contributed by atoms with Crippen LogP contribution in [0.1, 0.15) is 57.0 Å². The molecule has 202 valence electrons. The van der Waals surface area contributed by atoms with Crippen molar-refractivity contribution in [1.82, 2.24) is 5.43 Å². The van der Waals surface area contributed by atoms with Crippen LogP contribution in [0.15, 0.2) is 53.6 Å². The molecule has 0 saturated heterocycles. The van der Waals surface area contributed by atoms with Gasteiger partial charge in [0.2, 0.25) is 0 Å². The highest BCUT2D eigenvalue weighted by Crippen LogP contribution is 2.39. The summed E-state index contributed by atoms with van der Waals surface area (Å²) in [6, 6.07) is 13.1. The molecule has 2 amide bonds. The minimum atomic E-state index is -0.984. The Bertz CT molecular complexity index is 1430. The van der Waals surface area contributed by atoms with Crippen LogP contribution < -0.4 is 20.2 Å². The molecule has 4 rings (SSSR count). The van der Waals surface area contributed by atoms with E-state index in [1.807, 2.05) is 0 Å². The molecule has 1 heterocycles. The smallest absolute Gasteiger partial charge is 0.343 e. The summed E-state index contributed by atoms with van der Waals surface area (Å²) in [6.07, 6.45) is 2.48. The molecule has 1 aliphatic carbocycles. The van der Waals surface area contributed by atoms with Crippen LogP contribution in [0.2, 0.25) is 0 Å². The number of amides is 2. The summed E-state index contributed by atoms with van der Waals surface area (Å²) < 4.78 is 15.6. The number of benzene rings is 2. The zero-order valence-electron chi connectivity index (χ0n) is 21.7. The Morgan fingerprint density at radius 3 is 2.23 bits per heavy atom. The number of aryl methyl sites for hydroxylation is 1. The molecule has 0 unspecified atom stereocenters. The molecular weight excluding hydrogens is 522 g/mol. The van der Waals surface area contributed by atoms with Gasteiger partial charge in [0.05, 0.1) is 30.6 Å². The van der Waals surface area contributed by atoms with Crippen molar-refractivity contribution < 1.29 is 33.4 Å².